The molecular weight excluding hydrogens is 300 g/mol. The van der Waals surface area contributed by atoms with Gasteiger partial charge >= 0.3 is 12.1 Å². The number of nitrogens with one attached hydrogen (secondary N) is 1. The van der Waals surface area contributed by atoms with Crippen molar-refractivity contribution >= 4 is 12.1 Å². The number of carbonyl (C=O) groups excluding carboxylic acids is 1. The quantitative estimate of drug-likeness (QED) is 0.870. The van der Waals surface area contributed by atoms with Crippen LogP contribution in [0.1, 0.15) is 20.8 Å². The molecule has 0 aliphatic carbocycles. The first-order valence-electron chi connectivity index (χ1n) is 6.40. The number of amides is 1. The highest BCUT2D eigenvalue weighted by Crippen LogP contribution is 2.20. The number of ether oxygens (including phenoxy) is 2. The molecule has 0 heterocycles. The zero-order chi connectivity index (χ0) is 16.9. The molecule has 1 aromatic carbocycles. The summed E-state index contributed by atoms with van der Waals surface area (Å²) >= 11 is 0. The SMILES string of the molecule is CC(C)(C)OC(=O)NCC(Oc1cccc(F)c1F)C(=O)O. The van der Waals surface area contributed by atoms with Crippen molar-refractivity contribution in [1.82, 2.24) is 5.32 Å². The van der Waals surface area contributed by atoms with E-state index in [0.717, 1.165) is 12.1 Å². The van der Waals surface area contributed by atoms with E-state index in [-0.39, 0.29) is 0 Å². The van der Waals surface area contributed by atoms with Crippen LogP contribution in [0, 0.1) is 11.6 Å². The van der Waals surface area contributed by atoms with E-state index in [2.05, 4.69) is 5.32 Å². The summed E-state index contributed by atoms with van der Waals surface area (Å²) in [7, 11) is 0. The highest BCUT2D eigenvalue weighted by Gasteiger charge is 2.24. The van der Waals surface area contributed by atoms with Gasteiger partial charge in [-0.3, -0.25) is 0 Å². The lowest BCUT2D eigenvalue weighted by molar-refractivity contribution is -0.144. The fourth-order valence-electron chi connectivity index (χ4n) is 1.40. The van der Waals surface area contributed by atoms with Gasteiger partial charge in [0.05, 0.1) is 6.54 Å². The summed E-state index contributed by atoms with van der Waals surface area (Å²) < 4.78 is 36.3. The fourth-order valence-corrected chi connectivity index (χ4v) is 1.40. The molecule has 0 fully saturated rings. The summed E-state index contributed by atoms with van der Waals surface area (Å²) in [5.74, 6) is -4.47. The molecule has 0 aliphatic heterocycles. The third-order valence-corrected chi connectivity index (χ3v) is 2.29. The van der Waals surface area contributed by atoms with Crippen LogP contribution in [0.25, 0.3) is 0 Å². The number of rotatable bonds is 5. The molecular formula is C14H17F2NO5. The van der Waals surface area contributed by atoms with E-state index in [9.17, 15) is 18.4 Å². The Morgan fingerprint density at radius 2 is 1.95 bits per heavy atom. The summed E-state index contributed by atoms with van der Waals surface area (Å²) in [5.41, 5.74) is -0.752. The van der Waals surface area contributed by atoms with E-state index in [1.54, 1.807) is 20.8 Å². The molecule has 2 N–H and O–H groups in total. The predicted octanol–water partition coefficient (Wildman–Crippen LogP) is 2.32. The Bertz CT molecular complexity index is 557. The third-order valence-electron chi connectivity index (χ3n) is 2.29. The predicted molar refractivity (Wildman–Crippen MR) is 72.6 cm³/mol. The van der Waals surface area contributed by atoms with Gasteiger partial charge in [0.1, 0.15) is 5.60 Å². The number of benzene rings is 1. The molecule has 6 nitrogen and oxygen atoms in total. The number of hydrogen-bond donors (Lipinski definition) is 2. The van der Waals surface area contributed by atoms with Gasteiger partial charge in [0.25, 0.3) is 0 Å². The van der Waals surface area contributed by atoms with Crippen molar-refractivity contribution in [2.45, 2.75) is 32.5 Å². The first-order chi connectivity index (χ1) is 10.1. The Morgan fingerprint density at radius 1 is 1.32 bits per heavy atom. The number of aliphatic carboxylic acids is 1. The minimum atomic E-state index is -1.59. The molecule has 22 heavy (non-hydrogen) atoms. The third kappa shape index (κ3) is 5.55. The Kier molecular flexibility index (Phi) is 5.67. The molecule has 122 valence electrons. The molecule has 1 aromatic rings. The zero-order valence-electron chi connectivity index (χ0n) is 12.4. The van der Waals surface area contributed by atoms with Gasteiger partial charge in [-0.25, -0.2) is 14.0 Å². The van der Waals surface area contributed by atoms with Gasteiger partial charge < -0.3 is 19.9 Å². The second-order valence-electron chi connectivity index (χ2n) is 5.38. The lowest BCUT2D eigenvalue weighted by Crippen LogP contribution is -2.42. The fraction of sp³-hybridized carbons (Fsp3) is 0.429. The van der Waals surface area contributed by atoms with Crippen LogP contribution in [0.15, 0.2) is 18.2 Å². The molecule has 1 atom stereocenters. The lowest BCUT2D eigenvalue weighted by Gasteiger charge is -2.21. The van der Waals surface area contributed by atoms with E-state index >= 15 is 0 Å². The standard InChI is InChI=1S/C14H17F2NO5/c1-14(2,3)22-13(20)17-7-10(12(18)19)21-9-6-4-5-8(15)11(9)16/h4-6,10H,7H2,1-3H3,(H,17,20)(H,18,19). The van der Waals surface area contributed by atoms with Gasteiger partial charge in [-0.15, -0.1) is 0 Å². The molecule has 1 amide bonds. The van der Waals surface area contributed by atoms with Crippen LogP contribution in [0.4, 0.5) is 13.6 Å². The maximum atomic E-state index is 13.4. The largest absolute Gasteiger partial charge is 0.478 e. The van der Waals surface area contributed by atoms with Crippen LogP contribution in [0.2, 0.25) is 0 Å². The average molecular weight is 317 g/mol. The van der Waals surface area contributed by atoms with Crippen molar-refractivity contribution in [2.24, 2.45) is 0 Å². The van der Waals surface area contributed by atoms with Crippen LogP contribution >= 0.6 is 0 Å². The van der Waals surface area contributed by atoms with Gasteiger partial charge in [-0.1, -0.05) is 6.07 Å². The molecule has 0 saturated carbocycles. The number of halogens is 2. The van der Waals surface area contributed by atoms with E-state index < -0.39 is 47.7 Å². The van der Waals surface area contributed by atoms with E-state index in [0.29, 0.717) is 0 Å². The molecule has 0 saturated heterocycles. The van der Waals surface area contributed by atoms with E-state index in [4.69, 9.17) is 14.6 Å². The number of carboxylic acid groups (broad SMARTS) is 1. The molecule has 0 bridgehead atoms. The van der Waals surface area contributed by atoms with Crippen molar-refractivity contribution < 1.29 is 33.0 Å². The summed E-state index contributed by atoms with van der Waals surface area (Å²) in [6.45, 7) is 4.44. The Morgan fingerprint density at radius 3 is 2.50 bits per heavy atom. The maximum Gasteiger partial charge on any atom is 0.407 e. The molecule has 1 rings (SSSR count). The topological polar surface area (TPSA) is 84.9 Å². The number of alkyl carbamates (subject to hydrolysis) is 1. The Balaban J connectivity index is 2.69. The van der Waals surface area contributed by atoms with Crippen LogP contribution in [0.5, 0.6) is 5.75 Å². The van der Waals surface area contributed by atoms with Crippen LogP contribution in [-0.4, -0.2) is 35.4 Å². The summed E-state index contributed by atoms with van der Waals surface area (Å²) in [5, 5.41) is 11.2. The highest BCUT2D eigenvalue weighted by atomic mass is 19.2. The van der Waals surface area contributed by atoms with Gasteiger partial charge in [-0.05, 0) is 32.9 Å². The second-order valence-corrected chi connectivity index (χ2v) is 5.38. The summed E-state index contributed by atoms with van der Waals surface area (Å²) in [4.78, 5) is 22.5. The molecule has 0 aromatic heterocycles. The number of hydrogen-bond acceptors (Lipinski definition) is 4. The first-order valence-corrected chi connectivity index (χ1v) is 6.40. The Labute approximate surface area is 126 Å². The van der Waals surface area contributed by atoms with Crippen molar-refractivity contribution in [3.05, 3.63) is 29.8 Å². The van der Waals surface area contributed by atoms with Crippen LogP contribution in [0.3, 0.4) is 0 Å². The van der Waals surface area contributed by atoms with Crippen molar-refractivity contribution in [3.8, 4) is 5.75 Å². The van der Waals surface area contributed by atoms with Gasteiger partial charge in [0.2, 0.25) is 11.9 Å². The second kappa shape index (κ2) is 7.06. The lowest BCUT2D eigenvalue weighted by atomic mass is 10.2. The van der Waals surface area contributed by atoms with Crippen LogP contribution < -0.4 is 10.1 Å². The van der Waals surface area contributed by atoms with E-state index in [1.807, 2.05) is 0 Å². The number of carbonyl (C=O) groups is 2. The molecule has 0 radical (unpaired) electrons. The molecule has 0 aliphatic rings. The molecule has 1 unspecified atom stereocenters. The molecule has 8 heteroatoms. The Hall–Kier alpha value is -2.38. The van der Waals surface area contributed by atoms with Gasteiger partial charge in [-0.2, -0.15) is 4.39 Å². The van der Waals surface area contributed by atoms with Gasteiger partial charge in [0.15, 0.2) is 11.6 Å². The van der Waals surface area contributed by atoms with Crippen molar-refractivity contribution in [2.75, 3.05) is 6.54 Å². The highest BCUT2D eigenvalue weighted by molar-refractivity contribution is 5.75. The van der Waals surface area contributed by atoms with Crippen LogP contribution in [-0.2, 0) is 9.53 Å². The normalized spacial score (nSPS) is 12.4. The van der Waals surface area contributed by atoms with Crippen molar-refractivity contribution in [3.63, 3.8) is 0 Å². The number of carboxylic acids is 1. The first kappa shape index (κ1) is 17.7. The van der Waals surface area contributed by atoms with Gasteiger partial charge in [0, 0.05) is 0 Å². The average Bonchev–Trinajstić information content (AvgIpc) is 2.36. The smallest absolute Gasteiger partial charge is 0.407 e. The monoisotopic (exact) mass is 317 g/mol. The summed E-state index contributed by atoms with van der Waals surface area (Å²) in [6, 6.07) is 3.13. The minimum absolute atomic E-state index is 0.472. The summed E-state index contributed by atoms with van der Waals surface area (Å²) in [6.07, 6.45) is -2.44. The maximum absolute atomic E-state index is 13.4. The minimum Gasteiger partial charge on any atom is -0.478 e. The molecule has 0 spiro atoms. The van der Waals surface area contributed by atoms with Crippen molar-refractivity contribution in [1.29, 1.82) is 0 Å². The zero-order valence-corrected chi connectivity index (χ0v) is 12.4. The van der Waals surface area contributed by atoms with E-state index in [1.165, 1.54) is 6.07 Å².